The monoisotopic (exact) mass is 572 g/mol. The predicted octanol–water partition coefficient (Wildman–Crippen LogP) is 4.37. The molecule has 0 saturated heterocycles. The predicted molar refractivity (Wildman–Crippen MR) is 148 cm³/mol. The number of aliphatic hydroxyl groups is 2. The lowest BCUT2D eigenvalue weighted by molar-refractivity contribution is -0.229. The van der Waals surface area contributed by atoms with Gasteiger partial charge < -0.3 is 24.5 Å². The number of carboxylic acids is 1. The first-order chi connectivity index (χ1) is 19.4. The zero-order chi connectivity index (χ0) is 29.6. The zero-order valence-corrected chi connectivity index (χ0v) is 24.2. The Kier molecular flexibility index (Phi) is 8.25. The summed E-state index contributed by atoms with van der Waals surface area (Å²) in [7, 11) is 0. The number of ketones is 1. The molecule has 1 aromatic heterocycles. The summed E-state index contributed by atoms with van der Waals surface area (Å²) in [6.45, 7) is 3.93. The normalized spacial score (nSPS) is 39.9. The Labute approximate surface area is 240 Å². The number of hydrogen-bond donors (Lipinski definition) is 3. The van der Waals surface area contributed by atoms with Gasteiger partial charge in [-0.15, -0.1) is 0 Å². The molecule has 9 nitrogen and oxygen atoms in total. The molecule has 1 unspecified atom stereocenters. The van der Waals surface area contributed by atoms with Gasteiger partial charge in [-0.2, -0.15) is 0 Å². The molecule has 4 saturated carbocycles. The van der Waals surface area contributed by atoms with Gasteiger partial charge in [0.25, 0.3) is 0 Å². The number of carbonyl (C=O) groups is 3. The number of aliphatic hydroxyl groups excluding tert-OH is 1. The molecule has 41 heavy (non-hydrogen) atoms. The largest absolute Gasteiger partial charge is 0.481 e. The van der Waals surface area contributed by atoms with Crippen molar-refractivity contribution in [3.05, 3.63) is 34.4 Å². The molecule has 0 aliphatic heterocycles. The molecule has 0 spiro atoms. The van der Waals surface area contributed by atoms with Crippen LogP contribution < -0.4 is 5.63 Å². The molecule has 1 heterocycles. The van der Waals surface area contributed by atoms with E-state index in [2.05, 4.69) is 6.92 Å². The van der Waals surface area contributed by atoms with Crippen molar-refractivity contribution in [1.29, 1.82) is 0 Å². The van der Waals surface area contributed by atoms with Crippen molar-refractivity contribution in [2.24, 2.45) is 28.6 Å². The number of aliphatic carboxylic acids is 1. The molecule has 0 aromatic carbocycles. The van der Waals surface area contributed by atoms with E-state index < -0.39 is 28.7 Å². The van der Waals surface area contributed by atoms with Gasteiger partial charge in [0.1, 0.15) is 12.2 Å². The summed E-state index contributed by atoms with van der Waals surface area (Å²) in [5, 5.41) is 32.7. The highest BCUT2D eigenvalue weighted by atomic mass is 16.5. The Bertz CT molecular complexity index is 1200. The van der Waals surface area contributed by atoms with E-state index in [1.165, 1.54) is 12.3 Å². The second kappa shape index (κ2) is 11.3. The van der Waals surface area contributed by atoms with Gasteiger partial charge in [-0.05, 0) is 93.6 Å². The molecule has 9 heteroatoms. The first-order valence-corrected chi connectivity index (χ1v) is 15.4. The molecule has 4 aliphatic rings. The minimum absolute atomic E-state index is 0.151. The van der Waals surface area contributed by atoms with Crippen LogP contribution in [-0.4, -0.2) is 50.9 Å². The van der Waals surface area contributed by atoms with E-state index in [0.717, 1.165) is 19.3 Å². The SMILES string of the molecule is C[C@@]12C(=O)[C@@H](O)C3[C@@H](CC[C@@H]4C[C@H](OC(=O)CCCCCCC(=O)O)CC[C@]34C)[C@]1(O)CC[C@H]2c1ccc(=O)oc1. The summed E-state index contributed by atoms with van der Waals surface area (Å²) >= 11 is 0. The Balaban J connectivity index is 1.25. The van der Waals surface area contributed by atoms with Gasteiger partial charge in [-0.1, -0.05) is 19.8 Å². The van der Waals surface area contributed by atoms with Crippen LogP contribution in [0.3, 0.4) is 0 Å². The lowest BCUT2D eigenvalue weighted by Gasteiger charge is -2.64. The van der Waals surface area contributed by atoms with Crippen LogP contribution in [-0.2, 0) is 19.1 Å². The zero-order valence-electron chi connectivity index (χ0n) is 24.2. The molecule has 0 bridgehead atoms. The van der Waals surface area contributed by atoms with Gasteiger partial charge in [0.05, 0.1) is 17.3 Å². The first kappa shape index (κ1) is 30.0. The molecule has 0 radical (unpaired) electrons. The number of rotatable bonds is 9. The average molecular weight is 573 g/mol. The molecule has 3 N–H and O–H groups in total. The fraction of sp³-hybridized carbons (Fsp3) is 0.750. The standard InChI is InChI=1S/C32H44O9/c1-30-15-13-21(41-26(36)8-6-4-3-5-7-24(33)34)17-20(30)10-11-23-27(30)28(37)29(38)31(2)22(14-16-32(23,31)39)19-9-12-25(35)40-18-19/h9,12,18,20-23,27-28,37,39H,3-8,10-11,13-17H2,1-2H3,(H,33,34)/t20-,21-,22+,23-,27?,28+,30+,31-,32-/m1/s1. The van der Waals surface area contributed by atoms with Gasteiger partial charge in [-0.25, -0.2) is 4.79 Å². The number of carbonyl (C=O) groups excluding carboxylic acids is 2. The molecular formula is C32H44O9. The Hall–Kier alpha value is -2.52. The highest BCUT2D eigenvalue weighted by Crippen LogP contribution is 2.69. The lowest BCUT2D eigenvalue weighted by atomic mass is 9.42. The Morgan fingerprint density at radius 3 is 2.41 bits per heavy atom. The topological polar surface area (TPSA) is 151 Å². The molecule has 5 rings (SSSR count). The van der Waals surface area contributed by atoms with E-state index in [0.29, 0.717) is 63.4 Å². The average Bonchev–Trinajstić information content (AvgIpc) is 3.21. The third kappa shape index (κ3) is 5.07. The van der Waals surface area contributed by atoms with Crippen LogP contribution in [0.15, 0.2) is 27.6 Å². The maximum Gasteiger partial charge on any atom is 0.335 e. The van der Waals surface area contributed by atoms with E-state index >= 15 is 0 Å². The van der Waals surface area contributed by atoms with Gasteiger partial charge in [0, 0.05) is 30.7 Å². The number of esters is 1. The van der Waals surface area contributed by atoms with Crippen LogP contribution in [0, 0.1) is 28.6 Å². The van der Waals surface area contributed by atoms with Gasteiger partial charge >= 0.3 is 17.6 Å². The smallest absolute Gasteiger partial charge is 0.335 e. The molecule has 4 fully saturated rings. The molecule has 226 valence electrons. The second-order valence-electron chi connectivity index (χ2n) is 13.5. The maximum absolute atomic E-state index is 14.1. The molecule has 9 atom stereocenters. The van der Waals surface area contributed by atoms with E-state index in [1.807, 2.05) is 0 Å². The number of fused-ring (bicyclic) bond motifs is 5. The van der Waals surface area contributed by atoms with Crippen molar-refractivity contribution in [2.45, 2.75) is 121 Å². The minimum Gasteiger partial charge on any atom is -0.481 e. The van der Waals surface area contributed by atoms with Gasteiger partial charge in [-0.3, -0.25) is 14.4 Å². The van der Waals surface area contributed by atoms with E-state index in [-0.39, 0.29) is 53.4 Å². The fourth-order valence-corrected chi connectivity index (χ4v) is 9.36. The third-order valence-electron chi connectivity index (χ3n) is 11.6. The molecular weight excluding hydrogens is 528 g/mol. The van der Waals surface area contributed by atoms with Crippen molar-refractivity contribution in [1.82, 2.24) is 0 Å². The fourth-order valence-electron chi connectivity index (χ4n) is 9.36. The Morgan fingerprint density at radius 1 is 1.00 bits per heavy atom. The lowest BCUT2D eigenvalue weighted by Crippen LogP contribution is -2.70. The van der Waals surface area contributed by atoms with Gasteiger partial charge in [0.15, 0.2) is 5.78 Å². The molecule has 0 amide bonds. The van der Waals surface area contributed by atoms with Crippen molar-refractivity contribution >= 4 is 17.7 Å². The summed E-state index contributed by atoms with van der Waals surface area (Å²) in [6, 6.07) is 3.00. The minimum atomic E-state index is -1.27. The number of unbranched alkanes of at least 4 members (excludes halogenated alkanes) is 3. The summed E-state index contributed by atoms with van der Waals surface area (Å²) in [5.74, 6) is -2.14. The highest BCUT2D eigenvalue weighted by Gasteiger charge is 2.73. The Morgan fingerprint density at radius 2 is 1.73 bits per heavy atom. The third-order valence-corrected chi connectivity index (χ3v) is 11.6. The van der Waals surface area contributed by atoms with Crippen LogP contribution in [0.4, 0.5) is 0 Å². The number of ether oxygens (including phenoxy) is 1. The quantitative estimate of drug-likeness (QED) is 0.289. The summed E-state index contributed by atoms with van der Waals surface area (Å²) in [5.41, 5.74) is -2.58. The summed E-state index contributed by atoms with van der Waals surface area (Å²) in [4.78, 5) is 48.8. The van der Waals surface area contributed by atoms with Crippen molar-refractivity contribution in [3.8, 4) is 0 Å². The van der Waals surface area contributed by atoms with Crippen LogP contribution in [0.2, 0.25) is 0 Å². The number of hydrogen-bond acceptors (Lipinski definition) is 8. The summed E-state index contributed by atoms with van der Waals surface area (Å²) < 4.78 is 10.9. The van der Waals surface area contributed by atoms with Crippen LogP contribution in [0.1, 0.15) is 109 Å². The van der Waals surface area contributed by atoms with Crippen molar-refractivity contribution in [2.75, 3.05) is 0 Å². The number of carboxylic acid groups (broad SMARTS) is 1. The van der Waals surface area contributed by atoms with Gasteiger partial charge in [0.2, 0.25) is 0 Å². The second-order valence-corrected chi connectivity index (χ2v) is 13.5. The summed E-state index contributed by atoms with van der Waals surface area (Å²) in [6.07, 6.45) is 7.92. The van der Waals surface area contributed by atoms with Crippen molar-refractivity contribution in [3.63, 3.8) is 0 Å². The molecule has 1 aromatic rings. The van der Waals surface area contributed by atoms with Crippen molar-refractivity contribution < 1.29 is 38.9 Å². The van der Waals surface area contributed by atoms with E-state index in [4.69, 9.17) is 14.3 Å². The van der Waals surface area contributed by atoms with Crippen LogP contribution in [0.25, 0.3) is 0 Å². The van der Waals surface area contributed by atoms with Crippen LogP contribution >= 0.6 is 0 Å². The molecule has 4 aliphatic carbocycles. The van der Waals surface area contributed by atoms with E-state index in [9.17, 15) is 29.4 Å². The van der Waals surface area contributed by atoms with Crippen LogP contribution in [0.5, 0.6) is 0 Å². The maximum atomic E-state index is 14.1. The first-order valence-electron chi connectivity index (χ1n) is 15.4. The van der Waals surface area contributed by atoms with E-state index in [1.54, 1.807) is 13.0 Å². The number of Topliss-reactive ketones (excluding diaryl/α,β-unsaturated/α-hetero) is 1. The highest BCUT2D eigenvalue weighted by molar-refractivity contribution is 5.93.